The molecule has 0 saturated carbocycles. The third-order valence-electron chi connectivity index (χ3n) is 3.89. The number of hydrogen-bond acceptors (Lipinski definition) is 4. The van der Waals surface area contributed by atoms with Gasteiger partial charge in [-0.2, -0.15) is 5.26 Å². The predicted molar refractivity (Wildman–Crippen MR) is 86.4 cm³/mol. The SMILES string of the molecule is CCCC(N)CC(=O)Nc1sc2c(c1C#N)CCCCC2. The van der Waals surface area contributed by atoms with E-state index in [-0.39, 0.29) is 11.9 Å². The van der Waals surface area contributed by atoms with Gasteiger partial charge >= 0.3 is 0 Å². The monoisotopic (exact) mass is 305 g/mol. The van der Waals surface area contributed by atoms with Gasteiger partial charge in [-0.25, -0.2) is 0 Å². The highest BCUT2D eigenvalue weighted by Crippen LogP contribution is 2.37. The molecule has 1 aliphatic carbocycles. The van der Waals surface area contributed by atoms with Crippen molar-refractivity contribution in [3.8, 4) is 6.07 Å². The molecule has 1 unspecified atom stereocenters. The van der Waals surface area contributed by atoms with E-state index in [0.29, 0.717) is 12.0 Å². The topological polar surface area (TPSA) is 78.9 Å². The Morgan fingerprint density at radius 3 is 2.90 bits per heavy atom. The molecule has 1 aromatic heterocycles. The lowest BCUT2D eigenvalue weighted by molar-refractivity contribution is -0.116. The van der Waals surface area contributed by atoms with Gasteiger partial charge in [0.15, 0.2) is 0 Å². The molecule has 0 aromatic carbocycles. The van der Waals surface area contributed by atoms with Gasteiger partial charge in [0, 0.05) is 17.3 Å². The van der Waals surface area contributed by atoms with Gasteiger partial charge < -0.3 is 11.1 Å². The summed E-state index contributed by atoms with van der Waals surface area (Å²) in [7, 11) is 0. The number of carbonyl (C=O) groups excluding carboxylic acids is 1. The van der Waals surface area contributed by atoms with Crippen molar-refractivity contribution in [2.24, 2.45) is 5.73 Å². The van der Waals surface area contributed by atoms with Crippen molar-refractivity contribution in [1.29, 1.82) is 5.26 Å². The van der Waals surface area contributed by atoms with Crippen molar-refractivity contribution >= 4 is 22.2 Å². The molecule has 1 heterocycles. The number of nitrogens with zero attached hydrogens (tertiary/aromatic N) is 1. The summed E-state index contributed by atoms with van der Waals surface area (Å²) < 4.78 is 0. The highest BCUT2D eigenvalue weighted by Gasteiger charge is 2.21. The molecular weight excluding hydrogens is 282 g/mol. The van der Waals surface area contributed by atoms with Gasteiger partial charge in [0.1, 0.15) is 11.1 Å². The lowest BCUT2D eigenvalue weighted by atomic mass is 10.1. The molecule has 3 N–H and O–H groups in total. The zero-order valence-corrected chi connectivity index (χ0v) is 13.4. The molecule has 0 aliphatic heterocycles. The quantitative estimate of drug-likeness (QED) is 0.819. The van der Waals surface area contributed by atoms with Crippen LogP contribution in [-0.2, 0) is 17.6 Å². The first-order chi connectivity index (χ1) is 10.2. The predicted octanol–water partition coefficient (Wildman–Crippen LogP) is 3.34. The van der Waals surface area contributed by atoms with Crippen LogP contribution in [0.5, 0.6) is 0 Å². The fourth-order valence-electron chi connectivity index (χ4n) is 2.84. The molecule has 0 radical (unpaired) electrons. The first-order valence-electron chi connectivity index (χ1n) is 7.75. The van der Waals surface area contributed by atoms with Crippen LogP contribution in [0.25, 0.3) is 0 Å². The second-order valence-electron chi connectivity index (χ2n) is 5.68. The van der Waals surface area contributed by atoms with E-state index in [1.54, 1.807) is 11.3 Å². The number of aryl methyl sites for hydroxylation is 1. The van der Waals surface area contributed by atoms with Crippen molar-refractivity contribution in [2.45, 2.75) is 64.3 Å². The second kappa shape index (κ2) is 7.58. The van der Waals surface area contributed by atoms with Gasteiger partial charge in [0.25, 0.3) is 0 Å². The third-order valence-corrected chi connectivity index (χ3v) is 5.10. The van der Waals surface area contributed by atoms with E-state index in [2.05, 4.69) is 18.3 Å². The number of nitrogens with two attached hydrogens (primary N) is 1. The lowest BCUT2D eigenvalue weighted by Gasteiger charge is -2.09. The van der Waals surface area contributed by atoms with Crippen LogP contribution >= 0.6 is 11.3 Å². The largest absolute Gasteiger partial charge is 0.327 e. The molecule has 114 valence electrons. The van der Waals surface area contributed by atoms with Gasteiger partial charge in [-0.1, -0.05) is 19.8 Å². The smallest absolute Gasteiger partial charge is 0.226 e. The van der Waals surface area contributed by atoms with E-state index < -0.39 is 0 Å². The number of amides is 1. The highest BCUT2D eigenvalue weighted by atomic mass is 32.1. The average Bonchev–Trinajstić information content (AvgIpc) is 2.59. The van der Waals surface area contributed by atoms with Crippen LogP contribution in [0.2, 0.25) is 0 Å². The molecule has 2 rings (SSSR count). The van der Waals surface area contributed by atoms with Crippen molar-refractivity contribution < 1.29 is 4.79 Å². The first kappa shape index (κ1) is 16.0. The molecule has 0 fully saturated rings. The Labute approximate surface area is 130 Å². The minimum atomic E-state index is -0.0988. The second-order valence-corrected chi connectivity index (χ2v) is 6.79. The first-order valence-corrected chi connectivity index (χ1v) is 8.57. The van der Waals surface area contributed by atoms with Gasteiger partial charge in [0.2, 0.25) is 5.91 Å². The summed E-state index contributed by atoms with van der Waals surface area (Å²) >= 11 is 1.57. The molecule has 1 aliphatic rings. The number of thiophene rings is 1. The summed E-state index contributed by atoms with van der Waals surface area (Å²) in [6.45, 7) is 2.06. The average molecular weight is 305 g/mol. The van der Waals surface area contributed by atoms with E-state index in [9.17, 15) is 10.1 Å². The maximum absolute atomic E-state index is 12.1. The van der Waals surface area contributed by atoms with E-state index in [4.69, 9.17) is 5.73 Å². The molecule has 5 heteroatoms. The number of nitrogens with one attached hydrogen (secondary N) is 1. The molecule has 4 nitrogen and oxygen atoms in total. The number of fused-ring (bicyclic) bond motifs is 1. The minimum absolute atomic E-state index is 0.0798. The third kappa shape index (κ3) is 4.05. The van der Waals surface area contributed by atoms with Gasteiger partial charge in [-0.3, -0.25) is 4.79 Å². The number of hydrogen-bond donors (Lipinski definition) is 2. The highest BCUT2D eigenvalue weighted by molar-refractivity contribution is 7.16. The van der Waals surface area contributed by atoms with Crippen molar-refractivity contribution in [2.75, 3.05) is 5.32 Å². The zero-order chi connectivity index (χ0) is 15.2. The molecular formula is C16H23N3OS. The van der Waals surface area contributed by atoms with Crippen LogP contribution in [0, 0.1) is 11.3 Å². The maximum atomic E-state index is 12.1. The summed E-state index contributed by atoms with van der Waals surface area (Å²) in [5.74, 6) is -0.0798. The van der Waals surface area contributed by atoms with E-state index >= 15 is 0 Å². The Morgan fingerprint density at radius 1 is 1.43 bits per heavy atom. The lowest BCUT2D eigenvalue weighted by Crippen LogP contribution is -2.26. The van der Waals surface area contributed by atoms with Crippen molar-refractivity contribution in [3.63, 3.8) is 0 Å². The van der Waals surface area contributed by atoms with Crippen LogP contribution < -0.4 is 11.1 Å². The maximum Gasteiger partial charge on any atom is 0.226 e. The van der Waals surface area contributed by atoms with Gasteiger partial charge in [-0.15, -0.1) is 11.3 Å². The van der Waals surface area contributed by atoms with Crippen LogP contribution in [0.3, 0.4) is 0 Å². The van der Waals surface area contributed by atoms with Crippen molar-refractivity contribution in [1.82, 2.24) is 0 Å². The molecule has 1 atom stereocenters. The Balaban J connectivity index is 2.10. The normalized spacial score (nSPS) is 15.7. The summed E-state index contributed by atoms with van der Waals surface area (Å²) in [4.78, 5) is 13.3. The number of rotatable bonds is 5. The summed E-state index contributed by atoms with van der Waals surface area (Å²) in [6, 6.07) is 2.18. The Kier molecular flexibility index (Phi) is 5.77. The van der Waals surface area contributed by atoms with Crippen LogP contribution in [0.4, 0.5) is 5.00 Å². The van der Waals surface area contributed by atoms with Gasteiger partial charge in [0.05, 0.1) is 5.56 Å². The van der Waals surface area contributed by atoms with Gasteiger partial charge in [-0.05, 0) is 37.7 Å². The molecule has 21 heavy (non-hydrogen) atoms. The van der Waals surface area contributed by atoms with Crippen LogP contribution in [0.1, 0.15) is 61.5 Å². The van der Waals surface area contributed by atoms with Crippen LogP contribution in [-0.4, -0.2) is 11.9 Å². The fourth-order valence-corrected chi connectivity index (χ4v) is 4.09. The van der Waals surface area contributed by atoms with Crippen molar-refractivity contribution in [3.05, 3.63) is 16.0 Å². The Hall–Kier alpha value is -1.38. The molecule has 0 saturated heterocycles. The molecule has 1 amide bonds. The Morgan fingerprint density at radius 2 is 2.19 bits per heavy atom. The standard InChI is InChI=1S/C16H23N3OS/c1-2-6-11(18)9-15(20)19-16-13(10-17)12-7-4-3-5-8-14(12)21-16/h11H,2-9,18H2,1H3,(H,19,20). The Bertz CT molecular complexity index is 544. The fraction of sp³-hybridized carbons (Fsp3) is 0.625. The minimum Gasteiger partial charge on any atom is -0.327 e. The van der Waals surface area contributed by atoms with E-state index in [1.165, 1.54) is 17.7 Å². The van der Waals surface area contributed by atoms with E-state index in [1.807, 2.05) is 0 Å². The van der Waals surface area contributed by atoms with E-state index in [0.717, 1.165) is 42.7 Å². The number of nitriles is 1. The summed E-state index contributed by atoms with van der Waals surface area (Å²) in [6.07, 6.45) is 7.66. The molecule has 0 bridgehead atoms. The number of anilines is 1. The zero-order valence-electron chi connectivity index (χ0n) is 12.6. The number of carbonyl (C=O) groups is 1. The summed E-state index contributed by atoms with van der Waals surface area (Å²) in [5.41, 5.74) is 7.74. The van der Waals surface area contributed by atoms with Crippen LogP contribution in [0.15, 0.2) is 0 Å². The molecule has 1 aromatic rings. The molecule has 0 spiro atoms. The summed E-state index contributed by atoms with van der Waals surface area (Å²) in [5, 5.41) is 13.0.